The fourth-order valence-electron chi connectivity index (χ4n) is 1.37. The van der Waals surface area contributed by atoms with Crippen LogP contribution in [0.5, 0.6) is 0 Å². The Bertz CT molecular complexity index is 472. The minimum atomic E-state index is -1.09. The first-order valence-corrected chi connectivity index (χ1v) is 5.49. The molecule has 1 unspecified atom stereocenters. The van der Waals surface area contributed by atoms with Gasteiger partial charge < -0.3 is 14.7 Å². The summed E-state index contributed by atoms with van der Waals surface area (Å²) in [4.78, 5) is 24.3. The Kier molecular flexibility index (Phi) is 4.85. The second kappa shape index (κ2) is 6.15. The quantitative estimate of drug-likeness (QED) is 0.768. The molecule has 18 heavy (non-hydrogen) atoms. The van der Waals surface area contributed by atoms with E-state index in [4.69, 9.17) is 9.84 Å². The van der Waals surface area contributed by atoms with Gasteiger partial charge >= 0.3 is 5.97 Å². The lowest BCUT2D eigenvalue weighted by atomic mass is 10.3. The third-order valence-corrected chi connectivity index (χ3v) is 2.61. The molecule has 1 aromatic rings. The van der Waals surface area contributed by atoms with Crippen molar-refractivity contribution >= 4 is 11.7 Å². The molecule has 1 N–H and O–H groups in total. The van der Waals surface area contributed by atoms with Crippen LogP contribution in [0.2, 0.25) is 0 Å². The molecule has 0 aromatic carbocycles. The number of nitrogens with zero attached hydrogens (tertiary/aromatic N) is 3. The van der Waals surface area contributed by atoms with Gasteiger partial charge in [-0.05, 0) is 6.92 Å². The van der Waals surface area contributed by atoms with Crippen molar-refractivity contribution in [2.45, 2.75) is 13.0 Å². The maximum Gasteiger partial charge on any atom is 0.328 e. The van der Waals surface area contributed by atoms with Crippen molar-refractivity contribution < 1.29 is 14.6 Å². The molecule has 0 radical (unpaired) electrons. The van der Waals surface area contributed by atoms with Gasteiger partial charge in [-0.25, -0.2) is 9.48 Å². The van der Waals surface area contributed by atoms with Gasteiger partial charge in [0.05, 0.1) is 18.5 Å². The average Bonchev–Trinajstić information content (AvgIpc) is 2.34. The second-order valence-electron chi connectivity index (χ2n) is 3.93. The smallest absolute Gasteiger partial charge is 0.328 e. The van der Waals surface area contributed by atoms with Crippen molar-refractivity contribution in [2.24, 2.45) is 0 Å². The Morgan fingerprint density at radius 2 is 2.33 bits per heavy atom. The summed E-state index contributed by atoms with van der Waals surface area (Å²) in [5, 5.41) is 12.7. The number of carboxylic acids is 1. The lowest BCUT2D eigenvalue weighted by Crippen LogP contribution is -2.31. The Morgan fingerprint density at radius 3 is 2.83 bits per heavy atom. The van der Waals surface area contributed by atoms with Gasteiger partial charge in [-0.15, -0.1) is 0 Å². The number of methoxy groups -OCH3 is 1. The number of aliphatic carboxylic acids is 1. The van der Waals surface area contributed by atoms with E-state index in [1.807, 2.05) is 4.90 Å². The Labute approximate surface area is 105 Å². The zero-order valence-electron chi connectivity index (χ0n) is 10.7. The predicted octanol–water partition coefficient (Wildman–Crippen LogP) is -0.0285. The summed E-state index contributed by atoms with van der Waals surface area (Å²) < 4.78 is 5.87. The lowest BCUT2D eigenvalue weighted by molar-refractivity contribution is -0.140. The van der Waals surface area contributed by atoms with Crippen LogP contribution in [0.15, 0.2) is 17.1 Å². The highest BCUT2D eigenvalue weighted by molar-refractivity contribution is 5.71. The highest BCUT2D eigenvalue weighted by Gasteiger charge is 2.16. The van der Waals surface area contributed by atoms with Crippen LogP contribution in [0.1, 0.15) is 13.0 Å². The molecule has 1 aromatic heterocycles. The fourth-order valence-corrected chi connectivity index (χ4v) is 1.37. The van der Waals surface area contributed by atoms with Crippen molar-refractivity contribution in [2.75, 3.05) is 32.2 Å². The van der Waals surface area contributed by atoms with Crippen molar-refractivity contribution in [1.82, 2.24) is 9.78 Å². The molecule has 0 saturated carbocycles. The molecule has 0 fully saturated rings. The van der Waals surface area contributed by atoms with Gasteiger partial charge in [-0.2, -0.15) is 5.10 Å². The molecular formula is C11H17N3O4. The highest BCUT2D eigenvalue weighted by atomic mass is 16.5. The number of rotatable bonds is 6. The number of carbonyl (C=O) groups is 1. The van der Waals surface area contributed by atoms with E-state index in [0.717, 1.165) is 4.68 Å². The lowest BCUT2D eigenvalue weighted by Gasteiger charge is -2.18. The first-order valence-electron chi connectivity index (χ1n) is 5.49. The minimum Gasteiger partial charge on any atom is -0.480 e. The van der Waals surface area contributed by atoms with E-state index in [0.29, 0.717) is 18.8 Å². The SMILES string of the molecule is COCCN(C)c1cnn(C(C)C(=O)O)c(=O)c1. The van der Waals surface area contributed by atoms with Crippen LogP contribution in [0.3, 0.4) is 0 Å². The van der Waals surface area contributed by atoms with E-state index in [2.05, 4.69) is 5.10 Å². The molecule has 7 heteroatoms. The third-order valence-electron chi connectivity index (χ3n) is 2.61. The summed E-state index contributed by atoms with van der Waals surface area (Å²) in [6.45, 7) is 2.56. The third kappa shape index (κ3) is 3.30. The van der Waals surface area contributed by atoms with Gasteiger partial charge in [0.15, 0.2) is 6.04 Å². The highest BCUT2D eigenvalue weighted by Crippen LogP contribution is 2.08. The Balaban J connectivity index is 2.92. The van der Waals surface area contributed by atoms with Gasteiger partial charge in [0, 0.05) is 26.8 Å². The summed E-state index contributed by atoms with van der Waals surface area (Å²) in [5.74, 6) is -1.09. The number of aromatic nitrogens is 2. The summed E-state index contributed by atoms with van der Waals surface area (Å²) in [7, 11) is 3.40. The molecule has 0 aliphatic carbocycles. The molecule has 1 rings (SSSR count). The van der Waals surface area contributed by atoms with Crippen molar-refractivity contribution in [1.29, 1.82) is 0 Å². The topological polar surface area (TPSA) is 84.7 Å². The molecule has 0 aliphatic rings. The molecule has 0 saturated heterocycles. The first-order chi connectivity index (χ1) is 8.47. The number of anilines is 1. The second-order valence-corrected chi connectivity index (χ2v) is 3.93. The van der Waals surface area contributed by atoms with Crippen LogP contribution in [0.25, 0.3) is 0 Å². The van der Waals surface area contributed by atoms with Gasteiger partial charge in [0.25, 0.3) is 5.56 Å². The molecule has 0 bridgehead atoms. The van der Waals surface area contributed by atoms with Gasteiger partial charge in [0.2, 0.25) is 0 Å². The predicted molar refractivity (Wildman–Crippen MR) is 66.0 cm³/mol. The van der Waals surface area contributed by atoms with Crippen LogP contribution in [0.4, 0.5) is 5.69 Å². The summed E-state index contributed by atoms with van der Waals surface area (Å²) in [5.41, 5.74) is 0.192. The minimum absolute atomic E-state index is 0.438. The van der Waals surface area contributed by atoms with Crippen LogP contribution in [-0.2, 0) is 9.53 Å². The van der Waals surface area contributed by atoms with Gasteiger partial charge in [0.1, 0.15) is 0 Å². The zero-order chi connectivity index (χ0) is 13.7. The molecule has 0 spiro atoms. The number of hydrogen-bond acceptors (Lipinski definition) is 5. The maximum absolute atomic E-state index is 11.7. The number of hydrogen-bond donors (Lipinski definition) is 1. The molecular weight excluding hydrogens is 238 g/mol. The van der Waals surface area contributed by atoms with E-state index in [-0.39, 0.29) is 0 Å². The van der Waals surface area contributed by atoms with Crippen molar-refractivity contribution in [3.05, 3.63) is 22.6 Å². The first kappa shape index (κ1) is 14.2. The molecule has 7 nitrogen and oxygen atoms in total. The average molecular weight is 255 g/mol. The van der Waals surface area contributed by atoms with Gasteiger partial charge in [-0.3, -0.25) is 4.79 Å². The largest absolute Gasteiger partial charge is 0.480 e. The van der Waals surface area contributed by atoms with E-state index >= 15 is 0 Å². The molecule has 0 amide bonds. The summed E-state index contributed by atoms with van der Waals surface area (Å²) >= 11 is 0. The fraction of sp³-hybridized carbons (Fsp3) is 0.545. The standard InChI is InChI=1S/C11H17N3O4/c1-8(11(16)17)14-10(15)6-9(7-12-14)13(2)4-5-18-3/h6-8H,4-5H2,1-3H3,(H,16,17). The normalized spacial score (nSPS) is 12.2. The summed E-state index contributed by atoms with van der Waals surface area (Å²) in [6.07, 6.45) is 1.47. The maximum atomic E-state index is 11.7. The Hall–Kier alpha value is -1.89. The van der Waals surface area contributed by atoms with Gasteiger partial charge in [-0.1, -0.05) is 0 Å². The van der Waals surface area contributed by atoms with E-state index in [9.17, 15) is 9.59 Å². The van der Waals surface area contributed by atoms with Crippen molar-refractivity contribution in [3.8, 4) is 0 Å². The summed E-state index contributed by atoms with van der Waals surface area (Å²) in [6, 6.07) is 0.387. The molecule has 1 atom stereocenters. The van der Waals surface area contributed by atoms with Crippen LogP contribution in [-0.4, -0.2) is 48.2 Å². The van der Waals surface area contributed by atoms with Crippen molar-refractivity contribution in [3.63, 3.8) is 0 Å². The monoisotopic (exact) mass is 255 g/mol. The number of ether oxygens (including phenoxy) is 1. The van der Waals surface area contributed by atoms with Crippen LogP contribution >= 0.6 is 0 Å². The Morgan fingerprint density at radius 1 is 1.67 bits per heavy atom. The molecule has 100 valence electrons. The molecule has 0 aliphatic heterocycles. The molecule has 1 heterocycles. The van der Waals surface area contributed by atoms with Crippen LogP contribution < -0.4 is 10.5 Å². The zero-order valence-corrected chi connectivity index (χ0v) is 10.7. The number of likely N-dealkylation sites (N-methyl/N-ethyl adjacent to an activating group) is 1. The van der Waals surface area contributed by atoms with E-state index in [1.165, 1.54) is 19.2 Å². The van der Waals surface area contributed by atoms with E-state index in [1.54, 1.807) is 14.2 Å². The van der Waals surface area contributed by atoms with Crippen LogP contribution in [0, 0.1) is 0 Å². The van der Waals surface area contributed by atoms with E-state index < -0.39 is 17.6 Å². The number of carboxylic acid groups (broad SMARTS) is 1.